The molecule has 0 aliphatic rings. The van der Waals surface area contributed by atoms with E-state index in [9.17, 15) is 4.79 Å². The Balaban J connectivity index is 1.96. The third-order valence-electron chi connectivity index (χ3n) is 3.63. The van der Waals surface area contributed by atoms with E-state index in [1.165, 1.54) is 5.56 Å². The Kier molecular flexibility index (Phi) is 6.08. The largest absolute Gasteiger partial charge is 0.348 e. The molecule has 1 amide bonds. The predicted molar refractivity (Wildman–Crippen MR) is 94.1 cm³/mol. The average molecular weight is 313 g/mol. The zero-order valence-electron chi connectivity index (χ0n) is 13.4. The summed E-state index contributed by atoms with van der Waals surface area (Å²) >= 11 is 1.60. The van der Waals surface area contributed by atoms with Crippen LogP contribution in [-0.2, 0) is 4.79 Å². The Morgan fingerprint density at radius 1 is 1.09 bits per heavy atom. The van der Waals surface area contributed by atoms with Gasteiger partial charge in [-0.25, -0.2) is 0 Å². The van der Waals surface area contributed by atoms with Gasteiger partial charge in [-0.1, -0.05) is 55.0 Å². The number of hydrogen-bond donors (Lipinski definition) is 1. The van der Waals surface area contributed by atoms with Crippen molar-refractivity contribution >= 4 is 17.7 Å². The number of thioether (sulfide) groups is 1. The second-order valence-corrected chi connectivity index (χ2v) is 6.87. The Morgan fingerprint density at radius 3 is 2.32 bits per heavy atom. The van der Waals surface area contributed by atoms with Crippen molar-refractivity contribution in [2.45, 2.75) is 43.4 Å². The molecule has 0 aromatic heterocycles. The maximum atomic E-state index is 12.4. The van der Waals surface area contributed by atoms with Crippen LogP contribution in [0.5, 0.6) is 0 Å². The maximum absolute atomic E-state index is 12.4. The number of carbonyl (C=O) groups excluding carboxylic acids is 1. The van der Waals surface area contributed by atoms with Crippen molar-refractivity contribution in [3.63, 3.8) is 0 Å². The Labute approximate surface area is 137 Å². The molecule has 2 rings (SSSR count). The molecule has 0 heterocycles. The van der Waals surface area contributed by atoms with Gasteiger partial charge in [-0.15, -0.1) is 11.8 Å². The lowest BCUT2D eigenvalue weighted by Gasteiger charge is -2.20. The smallest absolute Gasteiger partial charge is 0.233 e. The molecule has 3 heteroatoms. The van der Waals surface area contributed by atoms with Gasteiger partial charge in [0.1, 0.15) is 0 Å². The van der Waals surface area contributed by atoms with E-state index in [0.717, 1.165) is 16.9 Å². The van der Waals surface area contributed by atoms with Gasteiger partial charge in [-0.2, -0.15) is 0 Å². The fourth-order valence-electron chi connectivity index (χ4n) is 2.27. The van der Waals surface area contributed by atoms with Gasteiger partial charge in [0, 0.05) is 4.90 Å². The molecule has 1 N–H and O–H groups in total. The van der Waals surface area contributed by atoms with Crippen LogP contribution in [0.4, 0.5) is 0 Å². The highest BCUT2D eigenvalue weighted by atomic mass is 32.2. The molecule has 2 aromatic carbocycles. The van der Waals surface area contributed by atoms with Gasteiger partial charge in [0.2, 0.25) is 5.91 Å². The molecule has 0 aliphatic heterocycles. The number of nitrogens with one attached hydrogen (secondary N) is 1. The molecular weight excluding hydrogens is 290 g/mol. The summed E-state index contributed by atoms with van der Waals surface area (Å²) in [6.07, 6.45) is 0.887. The number of aryl methyl sites for hydroxylation is 1. The predicted octanol–water partition coefficient (Wildman–Crippen LogP) is 4.74. The van der Waals surface area contributed by atoms with Crippen LogP contribution < -0.4 is 5.32 Å². The van der Waals surface area contributed by atoms with E-state index in [1.807, 2.05) is 25.1 Å². The number of amides is 1. The molecule has 2 atom stereocenters. The number of benzene rings is 2. The van der Waals surface area contributed by atoms with E-state index in [2.05, 4.69) is 55.6 Å². The topological polar surface area (TPSA) is 29.1 Å². The van der Waals surface area contributed by atoms with Gasteiger partial charge < -0.3 is 5.32 Å². The fraction of sp³-hybridized carbons (Fsp3) is 0.316. The second kappa shape index (κ2) is 8.04. The summed E-state index contributed by atoms with van der Waals surface area (Å²) in [5.74, 6) is 0.0845. The zero-order valence-corrected chi connectivity index (χ0v) is 14.2. The van der Waals surface area contributed by atoms with Crippen molar-refractivity contribution in [2.75, 3.05) is 0 Å². The molecule has 0 saturated heterocycles. The quantitative estimate of drug-likeness (QED) is 0.780. The lowest BCUT2D eigenvalue weighted by atomic mass is 10.0. The Hall–Kier alpha value is -1.74. The lowest BCUT2D eigenvalue weighted by Crippen LogP contribution is -2.34. The van der Waals surface area contributed by atoms with Crippen molar-refractivity contribution in [3.05, 3.63) is 65.7 Å². The first kappa shape index (κ1) is 16.6. The van der Waals surface area contributed by atoms with Crippen LogP contribution >= 0.6 is 11.8 Å². The zero-order chi connectivity index (χ0) is 15.9. The highest BCUT2D eigenvalue weighted by Gasteiger charge is 2.18. The molecule has 0 saturated carbocycles. The van der Waals surface area contributed by atoms with Crippen LogP contribution in [-0.4, -0.2) is 11.2 Å². The van der Waals surface area contributed by atoms with Gasteiger partial charge in [0.15, 0.2) is 0 Å². The first-order valence-corrected chi connectivity index (χ1v) is 8.56. The van der Waals surface area contributed by atoms with Crippen LogP contribution in [0.3, 0.4) is 0 Å². The van der Waals surface area contributed by atoms with E-state index < -0.39 is 0 Å². The number of rotatable bonds is 6. The highest BCUT2D eigenvalue weighted by Crippen LogP contribution is 2.25. The summed E-state index contributed by atoms with van der Waals surface area (Å²) in [4.78, 5) is 13.6. The van der Waals surface area contributed by atoms with Crippen molar-refractivity contribution in [3.8, 4) is 0 Å². The van der Waals surface area contributed by atoms with Crippen LogP contribution in [0.25, 0.3) is 0 Å². The van der Waals surface area contributed by atoms with Crippen LogP contribution in [0.15, 0.2) is 59.5 Å². The minimum Gasteiger partial charge on any atom is -0.348 e. The van der Waals surface area contributed by atoms with Crippen molar-refractivity contribution in [1.82, 2.24) is 5.32 Å². The second-order valence-electron chi connectivity index (χ2n) is 5.45. The standard InChI is InChI=1S/C19H23NOS/c1-4-18(16-8-6-5-7-9-16)20-19(21)15(3)22-17-12-10-14(2)11-13-17/h5-13,15,18H,4H2,1-3H3,(H,20,21). The van der Waals surface area contributed by atoms with Crippen molar-refractivity contribution in [1.29, 1.82) is 0 Å². The fourth-order valence-corrected chi connectivity index (χ4v) is 3.15. The molecule has 0 radical (unpaired) electrons. The van der Waals surface area contributed by atoms with E-state index in [0.29, 0.717) is 0 Å². The normalized spacial score (nSPS) is 13.4. The van der Waals surface area contributed by atoms with Crippen LogP contribution in [0, 0.1) is 6.92 Å². The van der Waals surface area contributed by atoms with Crippen LogP contribution in [0.1, 0.15) is 37.4 Å². The molecule has 0 bridgehead atoms. The first-order valence-electron chi connectivity index (χ1n) is 7.68. The van der Waals surface area contributed by atoms with Gasteiger partial charge >= 0.3 is 0 Å². The van der Waals surface area contributed by atoms with Crippen molar-refractivity contribution < 1.29 is 4.79 Å². The minimum atomic E-state index is -0.111. The maximum Gasteiger partial charge on any atom is 0.233 e. The SMILES string of the molecule is CCC(NC(=O)C(C)Sc1ccc(C)cc1)c1ccccc1. The molecule has 0 aliphatic carbocycles. The molecular formula is C19H23NOS. The summed E-state index contributed by atoms with van der Waals surface area (Å²) in [6.45, 7) is 6.11. The summed E-state index contributed by atoms with van der Waals surface area (Å²) in [7, 11) is 0. The summed E-state index contributed by atoms with van der Waals surface area (Å²) in [6, 6.07) is 18.5. The highest BCUT2D eigenvalue weighted by molar-refractivity contribution is 8.00. The molecule has 0 fully saturated rings. The van der Waals surface area contributed by atoms with E-state index in [4.69, 9.17) is 0 Å². The first-order chi connectivity index (χ1) is 10.6. The van der Waals surface area contributed by atoms with E-state index >= 15 is 0 Å². The minimum absolute atomic E-state index is 0.0785. The van der Waals surface area contributed by atoms with E-state index in [1.54, 1.807) is 11.8 Å². The van der Waals surface area contributed by atoms with Gasteiger partial charge in [0.25, 0.3) is 0 Å². The monoisotopic (exact) mass is 313 g/mol. The third kappa shape index (κ3) is 4.63. The molecule has 2 nitrogen and oxygen atoms in total. The lowest BCUT2D eigenvalue weighted by molar-refractivity contribution is -0.121. The molecule has 22 heavy (non-hydrogen) atoms. The average Bonchev–Trinajstić information content (AvgIpc) is 2.55. The van der Waals surface area contributed by atoms with Gasteiger partial charge in [0.05, 0.1) is 11.3 Å². The number of hydrogen-bond acceptors (Lipinski definition) is 2. The van der Waals surface area contributed by atoms with Crippen molar-refractivity contribution in [2.24, 2.45) is 0 Å². The summed E-state index contributed by atoms with van der Waals surface area (Å²) in [5.41, 5.74) is 2.39. The number of carbonyl (C=O) groups is 1. The van der Waals surface area contributed by atoms with Gasteiger partial charge in [-0.05, 0) is 38.0 Å². The molecule has 2 aromatic rings. The molecule has 2 unspecified atom stereocenters. The Bertz CT molecular complexity index is 595. The molecule has 0 spiro atoms. The molecule has 116 valence electrons. The van der Waals surface area contributed by atoms with E-state index in [-0.39, 0.29) is 17.2 Å². The third-order valence-corrected chi connectivity index (χ3v) is 4.74. The Morgan fingerprint density at radius 2 is 1.73 bits per heavy atom. The summed E-state index contributed by atoms with van der Waals surface area (Å²) in [5, 5.41) is 3.04. The van der Waals surface area contributed by atoms with Gasteiger partial charge in [-0.3, -0.25) is 4.79 Å². The summed E-state index contributed by atoms with van der Waals surface area (Å²) < 4.78 is 0. The van der Waals surface area contributed by atoms with Crippen LogP contribution in [0.2, 0.25) is 0 Å².